The molecule has 0 heterocycles. The highest BCUT2D eigenvalue weighted by Gasteiger charge is 2.06. The van der Waals surface area contributed by atoms with E-state index in [1.807, 2.05) is 31.2 Å². The van der Waals surface area contributed by atoms with E-state index in [1.54, 1.807) is 7.11 Å². The molecule has 100 valence electrons. The molecule has 1 aromatic carbocycles. The molecule has 5 nitrogen and oxygen atoms in total. The number of amides is 2. The molecule has 5 heteroatoms. The molecule has 0 saturated heterocycles. The van der Waals surface area contributed by atoms with Gasteiger partial charge in [0.1, 0.15) is 0 Å². The SMILES string of the molecule is COCc1cccc(NC(=O)N[C@H](C)CCO)c1. The minimum Gasteiger partial charge on any atom is -0.396 e. The first-order valence-electron chi connectivity index (χ1n) is 5.92. The van der Waals surface area contributed by atoms with Crippen LogP contribution < -0.4 is 10.6 Å². The number of urea groups is 1. The summed E-state index contributed by atoms with van der Waals surface area (Å²) in [7, 11) is 1.63. The fraction of sp³-hybridized carbons (Fsp3) is 0.462. The average molecular weight is 252 g/mol. The number of nitrogens with one attached hydrogen (secondary N) is 2. The Labute approximate surface area is 107 Å². The minimum absolute atomic E-state index is 0.0582. The van der Waals surface area contributed by atoms with E-state index < -0.39 is 0 Å². The van der Waals surface area contributed by atoms with E-state index in [1.165, 1.54) is 0 Å². The molecule has 0 unspecified atom stereocenters. The van der Waals surface area contributed by atoms with Gasteiger partial charge in [0.05, 0.1) is 6.61 Å². The summed E-state index contributed by atoms with van der Waals surface area (Å²) in [4.78, 5) is 11.6. The Kier molecular flexibility index (Phi) is 6.18. The van der Waals surface area contributed by atoms with E-state index in [0.717, 1.165) is 11.3 Å². The van der Waals surface area contributed by atoms with Crippen LogP contribution in [-0.2, 0) is 11.3 Å². The molecular weight excluding hydrogens is 232 g/mol. The maximum Gasteiger partial charge on any atom is 0.319 e. The van der Waals surface area contributed by atoms with Crippen LogP contribution in [-0.4, -0.2) is 30.9 Å². The summed E-state index contributed by atoms with van der Waals surface area (Å²) in [6, 6.07) is 7.14. The van der Waals surface area contributed by atoms with Crippen LogP contribution in [0.1, 0.15) is 18.9 Å². The van der Waals surface area contributed by atoms with Crippen LogP contribution in [0.15, 0.2) is 24.3 Å². The number of methoxy groups -OCH3 is 1. The monoisotopic (exact) mass is 252 g/mol. The molecule has 0 aliphatic heterocycles. The summed E-state index contributed by atoms with van der Waals surface area (Å²) in [5.41, 5.74) is 1.72. The lowest BCUT2D eigenvalue weighted by Gasteiger charge is -2.13. The van der Waals surface area contributed by atoms with Gasteiger partial charge in [-0.15, -0.1) is 0 Å². The second kappa shape index (κ2) is 7.68. The predicted molar refractivity (Wildman–Crippen MR) is 70.5 cm³/mol. The molecule has 1 aromatic rings. The Morgan fingerprint density at radius 3 is 2.94 bits per heavy atom. The van der Waals surface area contributed by atoms with E-state index in [4.69, 9.17) is 9.84 Å². The second-order valence-electron chi connectivity index (χ2n) is 4.15. The van der Waals surface area contributed by atoms with Crippen molar-refractivity contribution in [2.45, 2.75) is 26.0 Å². The van der Waals surface area contributed by atoms with E-state index in [-0.39, 0.29) is 18.7 Å². The Hall–Kier alpha value is -1.59. The van der Waals surface area contributed by atoms with Gasteiger partial charge in [0.2, 0.25) is 0 Å². The van der Waals surface area contributed by atoms with Gasteiger partial charge in [0.25, 0.3) is 0 Å². The Morgan fingerprint density at radius 1 is 1.50 bits per heavy atom. The molecule has 1 rings (SSSR count). The molecule has 0 bridgehead atoms. The summed E-state index contributed by atoms with van der Waals surface area (Å²) in [6.45, 7) is 2.42. The van der Waals surface area contributed by atoms with Crippen LogP contribution in [0.4, 0.5) is 10.5 Å². The normalized spacial score (nSPS) is 11.9. The number of aliphatic hydroxyl groups excluding tert-OH is 1. The maximum absolute atomic E-state index is 11.6. The van der Waals surface area contributed by atoms with Crippen molar-refractivity contribution in [3.8, 4) is 0 Å². The number of hydrogen-bond donors (Lipinski definition) is 3. The summed E-state index contributed by atoms with van der Waals surface area (Å²) < 4.78 is 5.03. The van der Waals surface area contributed by atoms with Crippen molar-refractivity contribution >= 4 is 11.7 Å². The van der Waals surface area contributed by atoms with Gasteiger partial charge >= 0.3 is 6.03 Å². The van der Waals surface area contributed by atoms with Gasteiger partial charge in [0.15, 0.2) is 0 Å². The second-order valence-corrected chi connectivity index (χ2v) is 4.15. The van der Waals surface area contributed by atoms with Crippen LogP contribution in [0.25, 0.3) is 0 Å². The fourth-order valence-corrected chi connectivity index (χ4v) is 1.56. The first-order chi connectivity index (χ1) is 8.65. The minimum atomic E-state index is -0.273. The molecular formula is C13H20N2O3. The first kappa shape index (κ1) is 14.5. The summed E-state index contributed by atoms with van der Waals surface area (Å²) in [6.07, 6.45) is 0.539. The van der Waals surface area contributed by atoms with Gasteiger partial charge in [-0.1, -0.05) is 12.1 Å². The molecule has 0 radical (unpaired) electrons. The number of carbonyl (C=O) groups is 1. The molecule has 3 N–H and O–H groups in total. The van der Waals surface area contributed by atoms with Gasteiger partial charge in [-0.3, -0.25) is 0 Å². The lowest BCUT2D eigenvalue weighted by molar-refractivity contribution is 0.185. The molecule has 0 spiro atoms. The molecule has 0 aliphatic carbocycles. The van der Waals surface area contributed by atoms with Crippen LogP contribution >= 0.6 is 0 Å². The number of rotatable bonds is 6. The Morgan fingerprint density at radius 2 is 2.28 bits per heavy atom. The molecule has 0 aliphatic rings. The first-order valence-corrected chi connectivity index (χ1v) is 5.92. The zero-order valence-corrected chi connectivity index (χ0v) is 10.8. The molecule has 18 heavy (non-hydrogen) atoms. The third-order valence-corrected chi connectivity index (χ3v) is 2.44. The van der Waals surface area contributed by atoms with Crippen molar-refractivity contribution in [2.75, 3.05) is 19.0 Å². The summed E-state index contributed by atoms with van der Waals surface area (Å²) >= 11 is 0. The highest BCUT2D eigenvalue weighted by atomic mass is 16.5. The summed E-state index contributed by atoms with van der Waals surface area (Å²) in [5, 5.41) is 14.2. The van der Waals surface area contributed by atoms with Crippen LogP contribution in [0.5, 0.6) is 0 Å². The molecule has 0 fully saturated rings. The maximum atomic E-state index is 11.6. The van der Waals surface area contributed by atoms with Crippen molar-refractivity contribution in [3.05, 3.63) is 29.8 Å². The number of ether oxygens (including phenoxy) is 1. The third kappa shape index (κ3) is 5.16. The average Bonchev–Trinajstić information content (AvgIpc) is 2.29. The predicted octanol–water partition coefficient (Wildman–Crippen LogP) is 1.73. The number of hydrogen-bond acceptors (Lipinski definition) is 3. The number of carbonyl (C=O) groups excluding carboxylic acids is 1. The number of benzene rings is 1. The Balaban J connectivity index is 2.50. The zero-order valence-electron chi connectivity index (χ0n) is 10.8. The smallest absolute Gasteiger partial charge is 0.319 e. The lowest BCUT2D eigenvalue weighted by atomic mass is 10.2. The number of anilines is 1. The fourth-order valence-electron chi connectivity index (χ4n) is 1.56. The number of aliphatic hydroxyl groups is 1. The molecule has 2 amide bonds. The van der Waals surface area contributed by atoms with Crippen LogP contribution in [0, 0.1) is 0 Å². The van der Waals surface area contributed by atoms with E-state index >= 15 is 0 Å². The summed E-state index contributed by atoms with van der Waals surface area (Å²) in [5.74, 6) is 0. The van der Waals surface area contributed by atoms with Crippen LogP contribution in [0.3, 0.4) is 0 Å². The van der Waals surface area contributed by atoms with Gasteiger partial charge in [0, 0.05) is 25.4 Å². The largest absolute Gasteiger partial charge is 0.396 e. The van der Waals surface area contributed by atoms with Gasteiger partial charge in [-0.25, -0.2) is 4.79 Å². The highest BCUT2D eigenvalue weighted by molar-refractivity contribution is 5.89. The van der Waals surface area contributed by atoms with Crippen molar-refractivity contribution in [1.82, 2.24) is 5.32 Å². The van der Waals surface area contributed by atoms with Crippen molar-refractivity contribution in [3.63, 3.8) is 0 Å². The van der Waals surface area contributed by atoms with Gasteiger partial charge < -0.3 is 20.5 Å². The van der Waals surface area contributed by atoms with E-state index in [2.05, 4.69) is 10.6 Å². The third-order valence-electron chi connectivity index (χ3n) is 2.44. The van der Waals surface area contributed by atoms with E-state index in [0.29, 0.717) is 13.0 Å². The molecule has 0 aromatic heterocycles. The lowest BCUT2D eigenvalue weighted by Crippen LogP contribution is -2.36. The quantitative estimate of drug-likeness (QED) is 0.722. The van der Waals surface area contributed by atoms with Gasteiger partial charge in [-0.2, -0.15) is 0 Å². The topological polar surface area (TPSA) is 70.6 Å². The zero-order chi connectivity index (χ0) is 13.4. The van der Waals surface area contributed by atoms with E-state index in [9.17, 15) is 4.79 Å². The van der Waals surface area contributed by atoms with Gasteiger partial charge in [-0.05, 0) is 31.0 Å². The molecule has 1 atom stereocenters. The van der Waals surface area contributed by atoms with Crippen molar-refractivity contribution in [2.24, 2.45) is 0 Å². The standard InChI is InChI=1S/C13H20N2O3/c1-10(6-7-16)14-13(17)15-12-5-3-4-11(8-12)9-18-2/h3-5,8,10,16H,6-7,9H2,1-2H3,(H2,14,15,17)/t10-/m1/s1. The van der Waals surface area contributed by atoms with Crippen molar-refractivity contribution in [1.29, 1.82) is 0 Å². The molecule has 0 saturated carbocycles. The van der Waals surface area contributed by atoms with Crippen LogP contribution in [0.2, 0.25) is 0 Å². The highest BCUT2D eigenvalue weighted by Crippen LogP contribution is 2.11. The van der Waals surface area contributed by atoms with Crippen molar-refractivity contribution < 1.29 is 14.6 Å². The Bertz CT molecular complexity index is 382.